The smallest absolute Gasteiger partial charge is 0.416 e. The van der Waals surface area contributed by atoms with Crippen LogP contribution < -0.4 is 4.74 Å². The number of rotatable bonds is 5. The van der Waals surface area contributed by atoms with E-state index in [-0.39, 0.29) is 11.5 Å². The van der Waals surface area contributed by atoms with E-state index in [2.05, 4.69) is 4.74 Å². The van der Waals surface area contributed by atoms with Crippen molar-refractivity contribution in [2.45, 2.75) is 25.6 Å². The lowest BCUT2D eigenvalue weighted by molar-refractivity contribution is -0.137. The molecule has 0 saturated carbocycles. The molecule has 0 aliphatic heterocycles. The molecule has 1 atom stereocenters. The summed E-state index contributed by atoms with van der Waals surface area (Å²) in [6.07, 6.45) is -4.48. The summed E-state index contributed by atoms with van der Waals surface area (Å²) in [7, 11) is 0. The number of Topliss-reactive ketones (excluding diaryl/α,β-unsaturated/α-hetero) is 1. The summed E-state index contributed by atoms with van der Waals surface area (Å²) in [6, 6.07) is 9.71. The molecule has 2 aromatic rings. The predicted octanol–water partition coefficient (Wildman–Crippen LogP) is 5.03. The van der Waals surface area contributed by atoms with Gasteiger partial charge in [0, 0.05) is 0 Å². The molecule has 2 nitrogen and oxygen atoms in total. The number of hydrogen-bond donors (Lipinski definition) is 0. The monoisotopic (exact) mass is 344 g/mol. The number of hydrogen-bond acceptors (Lipinski definition) is 2. The van der Waals surface area contributed by atoms with Crippen LogP contribution in [0.3, 0.4) is 0 Å². The zero-order valence-corrected chi connectivity index (χ0v) is 12.5. The Morgan fingerprint density at radius 1 is 1.00 bits per heavy atom. The zero-order chi connectivity index (χ0) is 17.9. The normalized spacial score (nSPS) is 13.0. The molecule has 0 aliphatic carbocycles. The molecular formula is C17H13F5O2. The molecule has 0 spiro atoms. The van der Waals surface area contributed by atoms with E-state index in [0.717, 1.165) is 12.1 Å². The molecule has 0 N–H and O–H groups in total. The van der Waals surface area contributed by atoms with Crippen molar-refractivity contribution in [2.24, 2.45) is 0 Å². The highest BCUT2D eigenvalue weighted by Gasteiger charge is 2.30. The third-order valence-electron chi connectivity index (χ3n) is 3.39. The van der Waals surface area contributed by atoms with Crippen LogP contribution in [0.4, 0.5) is 22.0 Å². The Morgan fingerprint density at radius 2 is 1.62 bits per heavy atom. The Kier molecular flexibility index (Phi) is 5.21. The zero-order valence-electron chi connectivity index (χ0n) is 12.5. The Labute approximate surface area is 134 Å². The molecule has 0 radical (unpaired) electrons. The molecule has 7 heteroatoms. The lowest BCUT2D eigenvalue weighted by Crippen LogP contribution is -2.12. The van der Waals surface area contributed by atoms with Crippen LogP contribution in [0.25, 0.3) is 0 Å². The molecule has 0 heterocycles. The summed E-state index contributed by atoms with van der Waals surface area (Å²) in [5.74, 6) is -1.32. The number of benzene rings is 2. The van der Waals surface area contributed by atoms with Crippen molar-refractivity contribution in [1.82, 2.24) is 0 Å². The average Bonchev–Trinajstić information content (AvgIpc) is 2.46. The van der Waals surface area contributed by atoms with Crippen molar-refractivity contribution in [2.75, 3.05) is 0 Å². The number of carbonyl (C=O) groups is 1. The Bertz CT molecular complexity index is 708. The number of ether oxygens (including phenoxy) is 1. The van der Waals surface area contributed by atoms with Crippen molar-refractivity contribution in [3.05, 3.63) is 65.2 Å². The van der Waals surface area contributed by atoms with Gasteiger partial charge in [0.05, 0.1) is 11.5 Å². The summed E-state index contributed by atoms with van der Waals surface area (Å²) in [5.41, 5.74) is -0.131. The van der Waals surface area contributed by atoms with E-state index < -0.39 is 24.3 Å². The standard InChI is InChI=1S/C17H13F5O2/c1-10(23)15(11-5-7-13(8-6-11)17(20,21)22)12-3-2-4-14(9-12)24-16(18)19/h2-9,15-16H,1H3. The number of carbonyl (C=O) groups excluding carboxylic acids is 1. The van der Waals surface area contributed by atoms with Crippen LogP contribution in [0.15, 0.2) is 48.5 Å². The van der Waals surface area contributed by atoms with Crippen LogP contribution in [-0.2, 0) is 11.0 Å². The van der Waals surface area contributed by atoms with Crippen LogP contribution in [0.5, 0.6) is 5.75 Å². The van der Waals surface area contributed by atoms with Crippen LogP contribution in [-0.4, -0.2) is 12.4 Å². The van der Waals surface area contributed by atoms with Crippen LogP contribution in [0.1, 0.15) is 29.5 Å². The Balaban J connectivity index is 2.38. The van der Waals surface area contributed by atoms with Gasteiger partial charge < -0.3 is 4.74 Å². The summed E-state index contributed by atoms with van der Waals surface area (Å²) in [4.78, 5) is 11.9. The third kappa shape index (κ3) is 4.31. The largest absolute Gasteiger partial charge is 0.435 e. The minimum absolute atomic E-state index is 0.124. The molecule has 0 aliphatic rings. The van der Waals surface area contributed by atoms with Gasteiger partial charge in [-0.15, -0.1) is 0 Å². The van der Waals surface area contributed by atoms with Gasteiger partial charge >= 0.3 is 12.8 Å². The molecule has 2 rings (SSSR count). The number of halogens is 5. The summed E-state index contributed by atoms with van der Waals surface area (Å²) >= 11 is 0. The first kappa shape index (κ1) is 17.9. The number of alkyl halides is 5. The second kappa shape index (κ2) is 6.98. The first-order chi connectivity index (χ1) is 11.2. The van der Waals surface area contributed by atoms with Crippen molar-refractivity contribution in [3.63, 3.8) is 0 Å². The van der Waals surface area contributed by atoms with E-state index in [0.29, 0.717) is 11.1 Å². The Morgan fingerprint density at radius 3 is 2.12 bits per heavy atom. The molecular weight excluding hydrogens is 331 g/mol. The minimum Gasteiger partial charge on any atom is -0.435 e. The topological polar surface area (TPSA) is 26.3 Å². The predicted molar refractivity (Wildman–Crippen MR) is 77.0 cm³/mol. The number of ketones is 1. The fourth-order valence-electron chi connectivity index (χ4n) is 2.40. The quantitative estimate of drug-likeness (QED) is 0.711. The maximum atomic E-state index is 12.6. The summed E-state index contributed by atoms with van der Waals surface area (Å²) in [6.45, 7) is -1.73. The lowest BCUT2D eigenvalue weighted by atomic mass is 9.88. The van der Waals surface area contributed by atoms with Crippen LogP contribution >= 0.6 is 0 Å². The highest BCUT2D eigenvalue weighted by molar-refractivity contribution is 5.87. The van der Waals surface area contributed by atoms with E-state index in [4.69, 9.17) is 0 Å². The first-order valence-electron chi connectivity index (χ1n) is 6.91. The van der Waals surface area contributed by atoms with Crippen molar-refractivity contribution in [3.8, 4) is 5.75 Å². The molecule has 0 bridgehead atoms. The molecule has 1 unspecified atom stereocenters. The molecule has 0 fully saturated rings. The SMILES string of the molecule is CC(=O)C(c1ccc(C(F)(F)F)cc1)c1cccc(OC(F)F)c1. The fourth-order valence-corrected chi connectivity index (χ4v) is 2.40. The van der Waals surface area contributed by atoms with Gasteiger partial charge in [-0.25, -0.2) is 0 Å². The highest BCUT2D eigenvalue weighted by atomic mass is 19.4. The maximum absolute atomic E-state index is 12.6. The van der Waals surface area contributed by atoms with Crippen LogP contribution in [0, 0.1) is 0 Å². The van der Waals surface area contributed by atoms with Gasteiger partial charge in [-0.1, -0.05) is 24.3 Å². The molecule has 24 heavy (non-hydrogen) atoms. The van der Waals surface area contributed by atoms with E-state index in [9.17, 15) is 26.7 Å². The van der Waals surface area contributed by atoms with Gasteiger partial charge in [0.1, 0.15) is 11.5 Å². The van der Waals surface area contributed by atoms with E-state index in [1.54, 1.807) is 0 Å². The lowest BCUT2D eigenvalue weighted by Gasteiger charge is -2.17. The maximum Gasteiger partial charge on any atom is 0.416 e. The van der Waals surface area contributed by atoms with Crippen molar-refractivity contribution >= 4 is 5.78 Å². The third-order valence-corrected chi connectivity index (χ3v) is 3.39. The van der Waals surface area contributed by atoms with Crippen molar-refractivity contribution < 1.29 is 31.5 Å². The Hall–Kier alpha value is -2.44. The van der Waals surface area contributed by atoms with Gasteiger partial charge in [-0.05, 0) is 42.3 Å². The average molecular weight is 344 g/mol. The fraction of sp³-hybridized carbons (Fsp3) is 0.235. The molecule has 128 valence electrons. The van der Waals surface area contributed by atoms with Gasteiger partial charge in [0.2, 0.25) is 0 Å². The molecule has 0 amide bonds. The molecule has 2 aromatic carbocycles. The van der Waals surface area contributed by atoms with E-state index in [1.165, 1.54) is 43.3 Å². The van der Waals surface area contributed by atoms with E-state index in [1.807, 2.05) is 0 Å². The molecule has 0 aromatic heterocycles. The van der Waals surface area contributed by atoms with Gasteiger partial charge in [0.25, 0.3) is 0 Å². The van der Waals surface area contributed by atoms with Gasteiger partial charge in [-0.3, -0.25) is 4.79 Å². The van der Waals surface area contributed by atoms with Crippen LogP contribution in [0.2, 0.25) is 0 Å². The van der Waals surface area contributed by atoms with E-state index >= 15 is 0 Å². The first-order valence-corrected chi connectivity index (χ1v) is 6.91. The molecule has 0 saturated heterocycles. The van der Waals surface area contributed by atoms with Gasteiger partial charge in [-0.2, -0.15) is 22.0 Å². The minimum atomic E-state index is -4.48. The van der Waals surface area contributed by atoms with Crippen molar-refractivity contribution in [1.29, 1.82) is 0 Å². The summed E-state index contributed by atoms with van der Waals surface area (Å²) < 4.78 is 66.7. The van der Waals surface area contributed by atoms with Gasteiger partial charge in [0.15, 0.2) is 0 Å². The second-order valence-corrected chi connectivity index (χ2v) is 5.11. The highest BCUT2D eigenvalue weighted by Crippen LogP contribution is 2.33. The second-order valence-electron chi connectivity index (χ2n) is 5.11. The summed E-state index contributed by atoms with van der Waals surface area (Å²) in [5, 5.41) is 0.